The molecule has 9 heavy (non-hydrogen) atoms. The quantitative estimate of drug-likeness (QED) is 0.550. The molecular weight excluding hydrogens is 110 g/mol. The average molecular weight is 131 g/mol. The summed E-state index contributed by atoms with van der Waals surface area (Å²) in [4.78, 5) is 0. The number of rotatable bonds is 6. The Morgan fingerprint density at radius 3 is 2.22 bits per heavy atom. The molecule has 0 aromatic carbocycles. The van der Waals surface area contributed by atoms with Gasteiger partial charge in [0, 0.05) is 2.74 Å². The summed E-state index contributed by atoms with van der Waals surface area (Å²) >= 11 is 0. The van der Waals surface area contributed by atoms with Crippen molar-refractivity contribution >= 4 is 0 Å². The van der Waals surface area contributed by atoms with Gasteiger partial charge in [-0.2, -0.15) is 0 Å². The molecule has 0 saturated heterocycles. The highest BCUT2D eigenvalue weighted by Crippen LogP contribution is 2.03. The van der Waals surface area contributed by atoms with Gasteiger partial charge in [-0.25, -0.2) is 0 Å². The summed E-state index contributed by atoms with van der Waals surface area (Å²) in [7, 11) is 0. The van der Waals surface area contributed by atoms with Crippen LogP contribution in [-0.2, 0) is 0 Å². The standard InChI is InChI=1S/C8H19N/c1-2-3-4-5-6-7-8-9/h2-9H2,1H3/i8D2. The maximum Gasteiger partial charge on any atom is 0.0425 e. The van der Waals surface area contributed by atoms with Crippen molar-refractivity contribution in [3.8, 4) is 0 Å². The minimum Gasteiger partial charge on any atom is -0.330 e. The van der Waals surface area contributed by atoms with E-state index in [1.165, 1.54) is 19.3 Å². The summed E-state index contributed by atoms with van der Waals surface area (Å²) in [5.74, 6) is 0. The van der Waals surface area contributed by atoms with Crippen LogP contribution in [0.1, 0.15) is 48.2 Å². The molecule has 56 valence electrons. The molecule has 0 aromatic rings. The third-order valence-electron chi connectivity index (χ3n) is 1.42. The van der Waals surface area contributed by atoms with Crippen LogP contribution in [0.2, 0.25) is 0 Å². The molecule has 0 unspecified atom stereocenters. The summed E-state index contributed by atoms with van der Waals surface area (Å²) in [6, 6.07) is 0. The van der Waals surface area contributed by atoms with Crippen molar-refractivity contribution in [3.05, 3.63) is 0 Å². The van der Waals surface area contributed by atoms with Crippen molar-refractivity contribution in [1.29, 1.82) is 0 Å². The topological polar surface area (TPSA) is 26.0 Å². The molecule has 0 amide bonds. The second-order valence-electron chi connectivity index (χ2n) is 2.37. The molecule has 0 spiro atoms. The number of hydrogen-bond donors (Lipinski definition) is 1. The molecule has 0 aliphatic rings. The van der Waals surface area contributed by atoms with Crippen LogP contribution >= 0.6 is 0 Å². The first-order valence-corrected chi connectivity index (χ1v) is 3.85. The lowest BCUT2D eigenvalue weighted by molar-refractivity contribution is 0.612. The predicted molar refractivity (Wildman–Crippen MR) is 42.4 cm³/mol. The van der Waals surface area contributed by atoms with Gasteiger partial charge in [-0.3, -0.25) is 0 Å². The van der Waals surface area contributed by atoms with Crippen LogP contribution in [0.4, 0.5) is 0 Å². The first kappa shape index (κ1) is 5.72. The maximum absolute atomic E-state index is 7.06. The van der Waals surface area contributed by atoms with Gasteiger partial charge in [0.25, 0.3) is 0 Å². The average Bonchev–Trinajstić information content (AvgIpc) is 1.85. The number of unbranched alkanes of at least 4 members (excludes halogenated alkanes) is 4. The second kappa shape index (κ2) is 7.96. The van der Waals surface area contributed by atoms with Crippen molar-refractivity contribution in [2.24, 2.45) is 5.73 Å². The van der Waals surface area contributed by atoms with Crippen molar-refractivity contribution in [2.45, 2.75) is 45.4 Å². The summed E-state index contributed by atoms with van der Waals surface area (Å²) in [5, 5.41) is 0. The lowest BCUT2D eigenvalue weighted by atomic mass is 10.1. The van der Waals surface area contributed by atoms with Crippen LogP contribution in [0.15, 0.2) is 0 Å². The van der Waals surface area contributed by atoms with E-state index in [2.05, 4.69) is 6.92 Å². The maximum atomic E-state index is 7.06. The largest absolute Gasteiger partial charge is 0.330 e. The van der Waals surface area contributed by atoms with E-state index in [1.54, 1.807) is 0 Å². The van der Waals surface area contributed by atoms with Gasteiger partial charge >= 0.3 is 0 Å². The molecule has 0 atom stereocenters. The van der Waals surface area contributed by atoms with Crippen molar-refractivity contribution < 1.29 is 2.74 Å². The zero-order valence-electron chi connectivity index (χ0n) is 8.32. The van der Waals surface area contributed by atoms with Crippen molar-refractivity contribution in [3.63, 3.8) is 0 Å². The number of nitrogens with two attached hydrogens (primary N) is 1. The Bertz CT molecular complexity index is 88.6. The fraction of sp³-hybridized carbons (Fsp3) is 1.00. The van der Waals surface area contributed by atoms with Gasteiger partial charge < -0.3 is 5.73 Å². The molecule has 0 aliphatic carbocycles. The molecule has 1 nitrogen and oxygen atoms in total. The highest BCUT2D eigenvalue weighted by atomic mass is 14.5. The van der Waals surface area contributed by atoms with E-state index in [0.29, 0.717) is 6.42 Å². The van der Waals surface area contributed by atoms with Crippen LogP contribution in [-0.4, -0.2) is 6.50 Å². The Morgan fingerprint density at radius 1 is 1.11 bits per heavy atom. The minimum atomic E-state index is -1.45. The van der Waals surface area contributed by atoms with E-state index in [9.17, 15) is 0 Å². The SMILES string of the molecule is [2H]C([2H])(N)CCCCCCC. The Kier molecular flexibility index (Phi) is 5.06. The van der Waals surface area contributed by atoms with Crippen LogP contribution in [0.5, 0.6) is 0 Å². The van der Waals surface area contributed by atoms with E-state index in [0.717, 1.165) is 12.8 Å². The van der Waals surface area contributed by atoms with Crippen LogP contribution in [0.25, 0.3) is 0 Å². The summed E-state index contributed by atoms with van der Waals surface area (Å²) < 4.78 is 14.1. The molecule has 0 aliphatic heterocycles. The van der Waals surface area contributed by atoms with Crippen LogP contribution in [0, 0.1) is 0 Å². The van der Waals surface area contributed by atoms with Gasteiger partial charge in [0.2, 0.25) is 0 Å². The van der Waals surface area contributed by atoms with Crippen molar-refractivity contribution in [2.75, 3.05) is 6.50 Å². The van der Waals surface area contributed by atoms with Gasteiger partial charge in [0.05, 0.1) is 0 Å². The fourth-order valence-electron chi connectivity index (χ4n) is 0.831. The van der Waals surface area contributed by atoms with Crippen molar-refractivity contribution in [1.82, 2.24) is 0 Å². The van der Waals surface area contributed by atoms with E-state index in [4.69, 9.17) is 8.48 Å². The zero-order chi connectivity index (χ0) is 8.74. The molecule has 0 radical (unpaired) electrons. The normalized spacial score (nSPS) is 14.9. The smallest absolute Gasteiger partial charge is 0.0425 e. The molecule has 0 aromatic heterocycles. The summed E-state index contributed by atoms with van der Waals surface area (Å²) in [6.45, 7) is 0.717. The van der Waals surface area contributed by atoms with E-state index in [1.807, 2.05) is 0 Å². The van der Waals surface area contributed by atoms with Gasteiger partial charge in [-0.1, -0.05) is 39.0 Å². The Labute approximate surface area is 61.4 Å². The summed E-state index contributed by atoms with van der Waals surface area (Å²) in [5.41, 5.74) is 5.18. The Balaban J connectivity index is 3.02. The molecule has 1 heteroatoms. The zero-order valence-corrected chi connectivity index (χ0v) is 6.32. The lowest BCUT2D eigenvalue weighted by Gasteiger charge is -1.96. The monoisotopic (exact) mass is 131 g/mol. The summed E-state index contributed by atoms with van der Waals surface area (Å²) in [6.07, 6.45) is 6.24. The molecular formula is C8H19N. The predicted octanol–water partition coefficient (Wildman–Crippen LogP) is 2.31. The van der Waals surface area contributed by atoms with E-state index in [-0.39, 0.29) is 0 Å². The molecule has 0 saturated carbocycles. The first-order valence-electron chi connectivity index (χ1n) is 4.85. The van der Waals surface area contributed by atoms with Gasteiger partial charge in [0.15, 0.2) is 0 Å². The van der Waals surface area contributed by atoms with Gasteiger partial charge in [-0.15, -0.1) is 0 Å². The van der Waals surface area contributed by atoms with Crippen LogP contribution < -0.4 is 5.73 Å². The molecule has 0 bridgehead atoms. The molecule has 0 heterocycles. The minimum absolute atomic E-state index is 0.497. The van der Waals surface area contributed by atoms with E-state index < -0.39 is 6.50 Å². The third kappa shape index (κ3) is 7.96. The van der Waals surface area contributed by atoms with Crippen LogP contribution in [0.3, 0.4) is 0 Å². The first-order chi connectivity index (χ1) is 5.06. The number of hydrogen-bond acceptors (Lipinski definition) is 1. The highest BCUT2D eigenvalue weighted by Gasteiger charge is 1.85. The molecule has 2 N–H and O–H groups in total. The lowest BCUT2D eigenvalue weighted by Crippen LogP contribution is -1.97. The molecule has 0 fully saturated rings. The Hall–Kier alpha value is -0.0400. The Morgan fingerprint density at radius 2 is 1.67 bits per heavy atom. The fourth-order valence-corrected chi connectivity index (χ4v) is 0.831. The van der Waals surface area contributed by atoms with Gasteiger partial charge in [0.1, 0.15) is 0 Å². The molecule has 0 rings (SSSR count). The van der Waals surface area contributed by atoms with Gasteiger partial charge in [-0.05, 0) is 12.9 Å². The van der Waals surface area contributed by atoms with E-state index >= 15 is 0 Å². The third-order valence-corrected chi connectivity index (χ3v) is 1.42. The second-order valence-corrected chi connectivity index (χ2v) is 2.37. The highest BCUT2D eigenvalue weighted by molar-refractivity contribution is 4.43.